The summed E-state index contributed by atoms with van der Waals surface area (Å²) in [5, 5.41) is 0.627. The lowest BCUT2D eigenvalue weighted by molar-refractivity contribution is -0.143. The average Bonchev–Trinajstić information content (AvgIpc) is 3.79. The van der Waals surface area contributed by atoms with Crippen LogP contribution in [0.2, 0.25) is 10.0 Å². The fourth-order valence-corrected chi connectivity index (χ4v) is 7.57. The highest BCUT2D eigenvalue weighted by Gasteiger charge is 2.41. The molecule has 7 nitrogen and oxygen atoms in total. The SMILES string of the molecule is O=C(c1ccco1)N1CC[C@H](N2CCN(C3CCN(C(=O)c4cc(C(F)(F)F)cc(C(F)(F)F)c4)C(Cc4ccc(Cl)c(Cl)c4)C3)CC2)C1. The third-order valence-corrected chi connectivity index (χ3v) is 10.5. The number of furan rings is 1. The molecular formula is C34H34Cl2F6N4O3. The molecule has 0 bridgehead atoms. The van der Waals surface area contributed by atoms with Gasteiger partial charge in [-0.15, -0.1) is 0 Å². The van der Waals surface area contributed by atoms with Crippen LogP contribution in [-0.4, -0.2) is 95.4 Å². The maximum atomic E-state index is 13.8. The van der Waals surface area contributed by atoms with Crippen molar-refractivity contribution in [1.29, 1.82) is 0 Å². The van der Waals surface area contributed by atoms with E-state index in [4.69, 9.17) is 27.6 Å². The number of piperazine rings is 1. The number of rotatable bonds is 6. The monoisotopic (exact) mass is 730 g/mol. The van der Waals surface area contributed by atoms with Gasteiger partial charge >= 0.3 is 12.4 Å². The Bertz CT molecular complexity index is 1630. The molecule has 3 saturated heterocycles. The molecule has 0 N–H and O–H groups in total. The van der Waals surface area contributed by atoms with Gasteiger partial charge in [0.2, 0.25) is 0 Å². The Morgan fingerprint density at radius 2 is 1.39 bits per heavy atom. The minimum atomic E-state index is -5.07. The van der Waals surface area contributed by atoms with Crippen LogP contribution >= 0.6 is 23.2 Å². The highest BCUT2D eigenvalue weighted by molar-refractivity contribution is 6.42. The Hall–Kier alpha value is -3.26. The van der Waals surface area contributed by atoms with Gasteiger partial charge in [0.05, 0.1) is 27.4 Å². The second-order valence-electron chi connectivity index (χ2n) is 12.8. The molecule has 49 heavy (non-hydrogen) atoms. The summed E-state index contributed by atoms with van der Waals surface area (Å²) in [5.41, 5.74) is -2.99. The van der Waals surface area contributed by atoms with Gasteiger partial charge in [0.1, 0.15) is 0 Å². The number of nitrogens with zero attached hydrogens (tertiary/aromatic N) is 4. The molecule has 0 spiro atoms. The number of carbonyl (C=O) groups is 2. The molecule has 2 unspecified atom stereocenters. The summed E-state index contributed by atoms with van der Waals surface area (Å²) < 4.78 is 87.0. The zero-order valence-corrected chi connectivity index (χ0v) is 27.8. The Morgan fingerprint density at radius 3 is 1.98 bits per heavy atom. The van der Waals surface area contributed by atoms with Gasteiger partial charge in [-0.1, -0.05) is 29.3 Å². The van der Waals surface area contributed by atoms with Crippen LogP contribution in [0.25, 0.3) is 0 Å². The van der Waals surface area contributed by atoms with Gasteiger partial charge in [0, 0.05) is 69.5 Å². The lowest BCUT2D eigenvalue weighted by atomic mass is 9.90. The molecule has 3 fully saturated rings. The van der Waals surface area contributed by atoms with Crippen LogP contribution < -0.4 is 0 Å². The lowest BCUT2D eigenvalue weighted by Crippen LogP contribution is -2.58. The smallest absolute Gasteiger partial charge is 0.416 e. The third-order valence-electron chi connectivity index (χ3n) is 9.80. The van der Waals surface area contributed by atoms with Crippen molar-refractivity contribution in [3.05, 3.63) is 92.9 Å². The molecule has 264 valence electrons. The molecule has 0 radical (unpaired) electrons. The minimum absolute atomic E-state index is 0.0237. The van der Waals surface area contributed by atoms with Crippen LogP contribution in [0, 0.1) is 0 Å². The van der Waals surface area contributed by atoms with Crippen molar-refractivity contribution in [3.63, 3.8) is 0 Å². The molecule has 4 heterocycles. The van der Waals surface area contributed by atoms with Gasteiger partial charge in [-0.25, -0.2) is 0 Å². The first-order chi connectivity index (χ1) is 23.2. The first-order valence-corrected chi connectivity index (χ1v) is 16.8. The van der Waals surface area contributed by atoms with E-state index in [1.807, 2.05) is 0 Å². The third kappa shape index (κ3) is 8.05. The molecule has 0 saturated carbocycles. The second-order valence-corrected chi connectivity index (χ2v) is 13.6. The van der Waals surface area contributed by atoms with Crippen molar-refractivity contribution in [2.24, 2.45) is 0 Å². The maximum Gasteiger partial charge on any atom is 0.416 e. The molecule has 3 atom stereocenters. The van der Waals surface area contributed by atoms with E-state index in [1.54, 1.807) is 35.2 Å². The Kier molecular flexibility index (Phi) is 10.3. The van der Waals surface area contributed by atoms with Crippen molar-refractivity contribution >= 4 is 35.0 Å². The van der Waals surface area contributed by atoms with Crippen LogP contribution in [0.1, 0.15) is 56.9 Å². The topological polar surface area (TPSA) is 60.2 Å². The predicted molar refractivity (Wildman–Crippen MR) is 171 cm³/mol. The van der Waals surface area contributed by atoms with Crippen LogP contribution in [-0.2, 0) is 18.8 Å². The Balaban J connectivity index is 1.16. The van der Waals surface area contributed by atoms with Crippen LogP contribution in [0.15, 0.2) is 59.2 Å². The molecular weight excluding hydrogens is 697 g/mol. The van der Waals surface area contributed by atoms with Crippen LogP contribution in [0.3, 0.4) is 0 Å². The normalized spacial score (nSPS) is 22.9. The van der Waals surface area contributed by atoms with Gasteiger partial charge in [-0.3, -0.25) is 19.4 Å². The van der Waals surface area contributed by atoms with Gasteiger partial charge in [-0.05, 0) is 73.7 Å². The van der Waals surface area contributed by atoms with E-state index >= 15 is 0 Å². The second kappa shape index (κ2) is 14.2. The van der Waals surface area contributed by atoms with Gasteiger partial charge in [-0.2, -0.15) is 26.3 Å². The van der Waals surface area contributed by atoms with E-state index in [-0.39, 0.29) is 37.0 Å². The number of hydrogen-bond acceptors (Lipinski definition) is 5. The van der Waals surface area contributed by atoms with Gasteiger partial charge < -0.3 is 14.2 Å². The van der Waals surface area contributed by atoms with E-state index in [1.165, 1.54) is 11.2 Å². The molecule has 0 aliphatic carbocycles. The molecule has 2 aromatic carbocycles. The molecule has 1 aromatic heterocycles. The van der Waals surface area contributed by atoms with Crippen molar-refractivity contribution in [1.82, 2.24) is 19.6 Å². The predicted octanol–water partition coefficient (Wildman–Crippen LogP) is 7.37. The summed E-state index contributed by atoms with van der Waals surface area (Å²) in [4.78, 5) is 34.5. The van der Waals surface area contributed by atoms with E-state index in [2.05, 4.69) is 9.80 Å². The summed E-state index contributed by atoms with van der Waals surface area (Å²) in [6, 6.07) is 9.08. The number of hydrogen-bond donors (Lipinski definition) is 0. The molecule has 3 aromatic rings. The number of likely N-dealkylation sites (tertiary alicyclic amines) is 2. The largest absolute Gasteiger partial charge is 0.459 e. The minimum Gasteiger partial charge on any atom is -0.459 e. The van der Waals surface area contributed by atoms with E-state index in [0.717, 1.165) is 38.2 Å². The van der Waals surface area contributed by atoms with Crippen LogP contribution in [0.5, 0.6) is 0 Å². The van der Waals surface area contributed by atoms with Crippen molar-refractivity contribution in [2.45, 2.75) is 56.2 Å². The number of piperidine rings is 1. The zero-order valence-electron chi connectivity index (χ0n) is 26.2. The lowest BCUT2D eigenvalue weighted by Gasteiger charge is -2.47. The van der Waals surface area contributed by atoms with E-state index in [9.17, 15) is 35.9 Å². The average molecular weight is 732 g/mol. The summed E-state index contributed by atoms with van der Waals surface area (Å²) in [5.74, 6) is -0.695. The summed E-state index contributed by atoms with van der Waals surface area (Å²) in [6.07, 6.45) is -6.57. The Morgan fingerprint density at radius 1 is 0.755 bits per heavy atom. The standard InChI is InChI=1S/C34H34Cl2F6N4O3/c35-28-4-3-21(15-29(28)36)14-27-19-25(6-8-46(27)31(47)22-16-23(33(37,38)39)18-24(17-22)34(40,41)42)43-9-11-44(12-10-43)26-5-7-45(20-26)32(48)30-2-1-13-49-30/h1-4,13,15-18,25-27H,5-12,14,19-20H2/t25?,26-,27?/m0/s1. The molecule has 3 aliphatic rings. The molecule has 3 aliphatic heterocycles. The van der Waals surface area contributed by atoms with E-state index in [0.29, 0.717) is 53.9 Å². The summed E-state index contributed by atoms with van der Waals surface area (Å²) in [7, 11) is 0. The summed E-state index contributed by atoms with van der Waals surface area (Å²) >= 11 is 12.4. The van der Waals surface area contributed by atoms with Gasteiger partial charge in [0.15, 0.2) is 5.76 Å². The number of amides is 2. The quantitative estimate of drug-likeness (QED) is 0.248. The fourth-order valence-electron chi connectivity index (χ4n) is 7.25. The van der Waals surface area contributed by atoms with Crippen molar-refractivity contribution in [3.8, 4) is 0 Å². The maximum absolute atomic E-state index is 13.8. The first-order valence-electron chi connectivity index (χ1n) is 16.0. The molecule has 6 rings (SSSR count). The van der Waals surface area contributed by atoms with Gasteiger partial charge in [0.25, 0.3) is 11.8 Å². The first kappa shape index (κ1) is 35.6. The molecule has 15 heteroatoms. The fraction of sp³-hybridized carbons (Fsp3) is 0.471. The molecule has 2 amide bonds. The number of carbonyl (C=O) groups excluding carboxylic acids is 2. The number of alkyl halides is 6. The highest BCUT2D eigenvalue weighted by Crippen LogP contribution is 2.37. The number of benzene rings is 2. The van der Waals surface area contributed by atoms with E-state index < -0.39 is 41.0 Å². The summed E-state index contributed by atoms with van der Waals surface area (Å²) in [6.45, 7) is 4.43. The zero-order chi connectivity index (χ0) is 35.1. The number of halogens is 8. The van der Waals surface area contributed by atoms with Crippen molar-refractivity contribution < 1.29 is 40.3 Å². The Labute approximate surface area is 289 Å². The van der Waals surface area contributed by atoms with Crippen LogP contribution in [0.4, 0.5) is 26.3 Å². The van der Waals surface area contributed by atoms with Crippen molar-refractivity contribution in [2.75, 3.05) is 45.8 Å². The highest BCUT2D eigenvalue weighted by atomic mass is 35.5.